The van der Waals surface area contributed by atoms with Crippen LogP contribution in [-0.4, -0.2) is 39.5 Å². The molecule has 5 nitrogen and oxygen atoms in total. The second-order valence-corrected chi connectivity index (χ2v) is 11.4. The predicted molar refractivity (Wildman–Crippen MR) is 103 cm³/mol. The monoisotopic (exact) mass is 467 g/mol. The number of hydrogen-bond donors (Lipinski definition) is 0. The number of benzene rings is 2. The van der Waals surface area contributed by atoms with Gasteiger partial charge in [0.15, 0.2) is 9.84 Å². The van der Waals surface area contributed by atoms with E-state index in [9.17, 15) is 30.0 Å². The van der Waals surface area contributed by atoms with E-state index in [0.29, 0.717) is 5.02 Å². The quantitative estimate of drug-likeness (QED) is 0.671. The number of sulfone groups is 1. The fourth-order valence-corrected chi connectivity index (χ4v) is 6.61. The summed E-state index contributed by atoms with van der Waals surface area (Å²) in [6, 6.07) is 9.50. The smallest absolute Gasteiger partial charge is 0.223 e. The first-order chi connectivity index (χ1) is 13.4. The maximum atomic E-state index is 12.7. The van der Waals surface area contributed by atoms with Crippen LogP contribution in [0.5, 0.6) is 0 Å². The average molecular weight is 468 g/mol. The molecule has 0 aromatic heterocycles. The Kier molecular flexibility index (Phi) is 6.01. The maximum absolute atomic E-state index is 12.7. The number of halogens is 4. The van der Waals surface area contributed by atoms with Crippen LogP contribution >= 0.6 is 11.6 Å². The molecule has 0 spiro atoms. The molecule has 158 valence electrons. The Morgan fingerprint density at radius 1 is 0.966 bits per heavy atom. The molecule has 0 radical (unpaired) electrons. The molecule has 11 heteroatoms. The Balaban J connectivity index is 1.72. The molecule has 1 aliphatic rings. The van der Waals surface area contributed by atoms with Gasteiger partial charge >= 0.3 is 6.18 Å². The topological polar surface area (TPSA) is 71.5 Å². The molecule has 1 fully saturated rings. The van der Waals surface area contributed by atoms with E-state index in [0.717, 1.165) is 28.6 Å². The summed E-state index contributed by atoms with van der Waals surface area (Å²) in [6.45, 7) is -0.172. The molecule has 0 aliphatic carbocycles. The van der Waals surface area contributed by atoms with Crippen molar-refractivity contribution in [3.8, 4) is 0 Å². The van der Waals surface area contributed by atoms with E-state index in [4.69, 9.17) is 11.6 Å². The Morgan fingerprint density at radius 2 is 1.55 bits per heavy atom. The molecule has 2 aromatic rings. The zero-order valence-electron chi connectivity index (χ0n) is 14.9. The van der Waals surface area contributed by atoms with Gasteiger partial charge in [-0.25, -0.2) is 21.1 Å². The van der Waals surface area contributed by atoms with Gasteiger partial charge in [0.25, 0.3) is 0 Å². The molecule has 0 amide bonds. The minimum absolute atomic E-state index is 0.0282. The van der Waals surface area contributed by atoms with Gasteiger partial charge in [0.1, 0.15) is 0 Å². The number of nitrogens with zero attached hydrogens (tertiary/aromatic N) is 1. The van der Waals surface area contributed by atoms with Crippen LogP contribution in [0.4, 0.5) is 13.2 Å². The summed E-state index contributed by atoms with van der Waals surface area (Å²) in [5.74, 6) is -0.501. The lowest BCUT2D eigenvalue weighted by atomic mass is 10.1. The van der Waals surface area contributed by atoms with Crippen LogP contribution in [0.1, 0.15) is 17.5 Å². The molecular weight excluding hydrogens is 451 g/mol. The fraction of sp³-hybridized carbons (Fsp3) is 0.333. The lowest BCUT2D eigenvalue weighted by Gasteiger charge is -2.17. The van der Waals surface area contributed by atoms with E-state index in [2.05, 4.69) is 0 Å². The van der Waals surface area contributed by atoms with Crippen LogP contribution in [0.2, 0.25) is 5.02 Å². The molecule has 2 aromatic carbocycles. The Labute approximate surface area is 172 Å². The molecule has 3 rings (SSSR count). The molecule has 1 heterocycles. The van der Waals surface area contributed by atoms with Crippen molar-refractivity contribution in [3.05, 3.63) is 64.7 Å². The third kappa shape index (κ3) is 4.93. The van der Waals surface area contributed by atoms with Gasteiger partial charge in [0, 0.05) is 18.1 Å². The van der Waals surface area contributed by atoms with Crippen LogP contribution in [-0.2, 0) is 31.8 Å². The van der Waals surface area contributed by atoms with Crippen molar-refractivity contribution >= 4 is 31.5 Å². The third-order valence-electron chi connectivity index (χ3n) is 4.71. The molecule has 0 N–H and O–H groups in total. The summed E-state index contributed by atoms with van der Waals surface area (Å²) < 4.78 is 89.7. The first kappa shape index (κ1) is 22.1. The summed E-state index contributed by atoms with van der Waals surface area (Å²) in [5.41, 5.74) is -0.670. The highest BCUT2D eigenvalue weighted by molar-refractivity contribution is 7.92. The van der Waals surface area contributed by atoms with Crippen molar-refractivity contribution < 1.29 is 30.0 Å². The average Bonchev–Trinajstić information content (AvgIpc) is 3.13. The van der Waals surface area contributed by atoms with Gasteiger partial charge in [0.05, 0.1) is 21.5 Å². The van der Waals surface area contributed by atoms with Crippen molar-refractivity contribution in [1.82, 2.24) is 4.31 Å². The third-order valence-corrected chi connectivity index (χ3v) is 8.97. The Hall–Kier alpha value is -1.62. The first-order valence-electron chi connectivity index (χ1n) is 8.53. The number of sulfonamides is 1. The van der Waals surface area contributed by atoms with Gasteiger partial charge in [-0.2, -0.15) is 13.2 Å². The molecule has 0 bridgehead atoms. The highest BCUT2D eigenvalue weighted by Crippen LogP contribution is 2.30. The van der Waals surface area contributed by atoms with Crippen molar-refractivity contribution in [2.45, 2.75) is 28.5 Å². The second kappa shape index (κ2) is 7.90. The maximum Gasteiger partial charge on any atom is 0.416 e. The molecule has 1 unspecified atom stereocenters. The fourth-order valence-electron chi connectivity index (χ4n) is 3.11. The van der Waals surface area contributed by atoms with E-state index in [1.165, 1.54) is 24.3 Å². The summed E-state index contributed by atoms with van der Waals surface area (Å²) in [5, 5.41) is -0.512. The highest BCUT2D eigenvalue weighted by atomic mass is 35.5. The standard InChI is InChI=1S/C18H17ClF3NO4S2/c19-15-5-7-16(8-6-15)29(26,27)17-9-10-23(11-17)28(24,25)12-13-1-3-14(4-2-13)18(20,21)22/h1-8,17H,9-12H2. The van der Waals surface area contributed by atoms with Gasteiger partial charge in [-0.15, -0.1) is 0 Å². The largest absolute Gasteiger partial charge is 0.416 e. The normalized spacial score (nSPS) is 18.8. The van der Waals surface area contributed by atoms with Crippen LogP contribution in [0, 0.1) is 0 Å². The number of rotatable bonds is 5. The highest BCUT2D eigenvalue weighted by Gasteiger charge is 2.39. The van der Waals surface area contributed by atoms with Gasteiger partial charge in [0.2, 0.25) is 10.0 Å². The van der Waals surface area contributed by atoms with Crippen LogP contribution in [0.15, 0.2) is 53.4 Å². The van der Waals surface area contributed by atoms with Crippen molar-refractivity contribution in [3.63, 3.8) is 0 Å². The molecule has 1 saturated heterocycles. The molecule has 0 saturated carbocycles. The van der Waals surface area contributed by atoms with Gasteiger partial charge in [-0.3, -0.25) is 0 Å². The first-order valence-corrected chi connectivity index (χ1v) is 12.1. The van der Waals surface area contributed by atoms with Crippen LogP contribution in [0.25, 0.3) is 0 Å². The molecular formula is C18H17ClF3NO4S2. The molecule has 1 aliphatic heterocycles. The van der Waals surface area contributed by atoms with E-state index in [-0.39, 0.29) is 30.0 Å². The van der Waals surface area contributed by atoms with Crippen LogP contribution in [0.3, 0.4) is 0 Å². The summed E-state index contributed by atoms with van der Waals surface area (Å²) in [4.78, 5) is 0.0638. The Morgan fingerprint density at radius 3 is 2.10 bits per heavy atom. The lowest BCUT2D eigenvalue weighted by molar-refractivity contribution is -0.137. The van der Waals surface area contributed by atoms with Crippen molar-refractivity contribution in [2.75, 3.05) is 13.1 Å². The van der Waals surface area contributed by atoms with E-state index in [1.54, 1.807) is 0 Å². The van der Waals surface area contributed by atoms with E-state index < -0.39 is 42.6 Å². The number of hydrogen-bond acceptors (Lipinski definition) is 4. The van der Waals surface area contributed by atoms with Crippen molar-refractivity contribution in [2.24, 2.45) is 0 Å². The Bertz CT molecular complexity index is 1080. The van der Waals surface area contributed by atoms with E-state index >= 15 is 0 Å². The predicted octanol–water partition coefficient (Wildman–Crippen LogP) is 3.74. The van der Waals surface area contributed by atoms with E-state index in [1.807, 2.05) is 0 Å². The summed E-state index contributed by atoms with van der Waals surface area (Å²) in [6.07, 6.45) is -4.37. The van der Waals surface area contributed by atoms with Gasteiger partial charge in [-0.1, -0.05) is 23.7 Å². The number of alkyl halides is 3. The minimum Gasteiger partial charge on any atom is -0.223 e. The minimum atomic E-state index is -4.50. The zero-order chi connectivity index (χ0) is 21.4. The SMILES string of the molecule is O=S(=O)(c1ccc(Cl)cc1)C1CCN(S(=O)(=O)Cc2ccc(C(F)(F)F)cc2)C1. The van der Waals surface area contributed by atoms with Gasteiger partial charge < -0.3 is 0 Å². The molecule has 1 atom stereocenters. The lowest BCUT2D eigenvalue weighted by Crippen LogP contribution is -2.32. The zero-order valence-corrected chi connectivity index (χ0v) is 17.3. The summed E-state index contributed by atoms with van der Waals surface area (Å²) >= 11 is 5.77. The van der Waals surface area contributed by atoms with Crippen LogP contribution < -0.4 is 0 Å². The van der Waals surface area contributed by atoms with Crippen molar-refractivity contribution in [1.29, 1.82) is 0 Å². The second-order valence-electron chi connectivity index (χ2n) is 6.72. The summed E-state index contributed by atoms with van der Waals surface area (Å²) in [7, 11) is -7.61. The van der Waals surface area contributed by atoms with Gasteiger partial charge in [-0.05, 0) is 48.4 Å². The molecule has 29 heavy (non-hydrogen) atoms.